The van der Waals surface area contributed by atoms with E-state index in [9.17, 15) is 22.8 Å². The van der Waals surface area contributed by atoms with Crippen molar-refractivity contribution in [2.75, 3.05) is 36.5 Å². The number of rotatable bonds is 7. The smallest absolute Gasteiger partial charge is 0.370 e. The van der Waals surface area contributed by atoms with Crippen LogP contribution >= 0.6 is 0 Å². The van der Waals surface area contributed by atoms with Gasteiger partial charge >= 0.3 is 6.18 Å². The molecule has 0 spiro atoms. The quantitative estimate of drug-likeness (QED) is 0.696. The molecule has 2 amide bonds. The average Bonchev–Trinajstić information content (AvgIpc) is 3.60. The van der Waals surface area contributed by atoms with Gasteiger partial charge in [-0.2, -0.15) is 13.2 Å². The van der Waals surface area contributed by atoms with Crippen LogP contribution in [0.1, 0.15) is 31.2 Å². The molecule has 1 aromatic rings. The Morgan fingerprint density at radius 1 is 1.27 bits per heavy atom. The highest BCUT2D eigenvalue weighted by Gasteiger charge is 2.45. The van der Waals surface area contributed by atoms with E-state index in [2.05, 4.69) is 10.2 Å². The molecular weight excluding hydrogens is 401 g/mol. The van der Waals surface area contributed by atoms with Crippen LogP contribution < -0.4 is 16.0 Å². The number of anilines is 2. The van der Waals surface area contributed by atoms with Crippen molar-refractivity contribution in [3.05, 3.63) is 23.8 Å². The molecular formula is C20H25F3N4O3. The van der Waals surface area contributed by atoms with Crippen LogP contribution in [0.15, 0.2) is 18.2 Å². The molecule has 2 aliphatic carbocycles. The number of hydrogen-bond donors (Lipinski definition) is 2. The molecule has 7 nitrogen and oxygen atoms in total. The zero-order valence-corrected chi connectivity index (χ0v) is 16.5. The van der Waals surface area contributed by atoms with E-state index >= 15 is 0 Å². The number of amides is 2. The Bertz CT molecular complexity index is 812. The summed E-state index contributed by atoms with van der Waals surface area (Å²) in [5.41, 5.74) is 4.64. The van der Waals surface area contributed by atoms with E-state index in [1.807, 2.05) is 0 Å². The summed E-state index contributed by atoms with van der Waals surface area (Å²) in [6.45, 7) is 0.299. The number of alkyl halides is 3. The van der Waals surface area contributed by atoms with Crippen molar-refractivity contribution in [3.63, 3.8) is 0 Å². The maximum atomic E-state index is 13.7. The predicted octanol–water partition coefficient (Wildman–Crippen LogP) is 1.96. The van der Waals surface area contributed by atoms with Crippen molar-refractivity contribution in [3.8, 4) is 0 Å². The fourth-order valence-electron chi connectivity index (χ4n) is 3.97. The summed E-state index contributed by atoms with van der Waals surface area (Å²) in [6.07, 6.45) is -0.766. The molecule has 1 heterocycles. The number of morpholine rings is 1. The number of nitrogens with one attached hydrogen (secondary N) is 1. The van der Waals surface area contributed by atoms with Gasteiger partial charge in [0.1, 0.15) is 12.6 Å². The minimum absolute atomic E-state index is 0.0422. The van der Waals surface area contributed by atoms with Crippen LogP contribution in [0, 0.1) is 0 Å². The van der Waals surface area contributed by atoms with E-state index in [0.717, 1.165) is 31.7 Å². The van der Waals surface area contributed by atoms with Gasteiger partial charge in [0.15, 0.2) is 0 Å². The van der Waals surface area contributed by atoms with Gasteiger partial charge in [0.05, 0.1) is 17.9 Å². The number of benzene rings is 1. The van der Waals surface area contributed by atoms with Crippen molar-refractivity contribution < 1.29 is 27.5 Å². The number of halogens is 3. The first-order valence-electron chi connectivity index (χ1n) is 10.2. The van der Waals surface area contributed by atoms with Crippen LogP contribution in [-0.4, -0.2) is 61.1 Å². The van der Waals surface area contributed by atoms with E-state index in [1.54, 1.807) is 0 Å². The summed E-state index contributed by atoms with van der Waals surface area (Å²) in [4.78, 5) is 28.2. The molecule has 0 bridgehead atoms. The van der Waals surface area contributed by atoms with Gasteiger partial charge in [-0.25, -0.2) is 0 Å². The van der Waals surface area contributed by atoms with E-state index in [0.29, 0.717) is 0 Å². The van der Waals surface area contributed by atoms with E-state index in [-0.39, 0.29) is 49.8 Å². The second-order valence-electron chi connectivity index (χ2n) is 7.98. The lowest BCUT2D eigenvalue weighted by Crippen LogP contribution is -2.50. The Kier molecular flexibility index (Phi) is 5.73. The maximum absolute atomic E-state index is 13.7. The third-order valence-corrected chi connectivity index (χ3v) is 5.69. The number of nitrogens with zero attached hydrogens (tertiary/aromatic N) is 2. The summed E-state index contributed by atoms with van der Waals surface area (Å²) in [5, 5.41) is 2.45. The van der Waals surface area contributed by atoms with Crippen molar-refractivity contribution in [1.82, 2.24) is 4.90 Å². The number of carbonyl (C=O) groups excluding carboxylic acids is 2. The summed E-state index contributed by atoms with van der Waals surface area (Å²) < 4.78 is 46.3. The minimum Gasteiger partial charge on any atom is -0.370 e. The van der Waals surface area contributed by atoms with Crippen molar-refractivity contribution in [1.29, 1.82) is 0 Å². The van der Waals surface area contributed by atoms with Crippen molar-refractivity contribution >= 4 is 23.2 Å². The molecule has 1 aromatic carbocycles. The Balaban J connectivity index is 1.58. The average molecular weight is 426 g/mol. The summed E-state index contributed by atoms with van der Waals surface area (Å²) in [5.74, 6) is -0.934. The van der Waals surface area contributed by atoms with Gasteiger partial charge in [0, 0.05) is 30.9 Å². The van der Waals surface area contributed by atoms with Crippen LogP contribution in [0.5, 0.6) is 0 Å². The molecule has 3 fully saturated rings. The van der Waals surface area contributed by atoms with Crippen molar-refractivity contribution in [2.24, 2.45) is 5.73 Å². The SMILES string of the molecule is NC[C@@H](C(=O)Nc1ccc(N2CCOCC2=O)cc1C(F)(F)F)N(C1CC1)C1CC1. The molecule has 1 saturated heterocycles. The molecule has 3 aliphatic rings. The molecule has 3 N–H and O–H groups in total. The van der Waals surface area contributed by atoms with Crippen LogP contribution in [0.25, 0.3) is 0 Å². The normalized spacial score (nSPS) is 21.1. The van der Waals surface area contributed by atoms with Crippen molar-refractivity contribution in [2.45, 2.75) is 50.0 Å². The molecule has 0 radical (unpaired) electrons. The lowest BCUT2D eigenvalue weighted by atomic mass is 10.1. The number of carbonyl (C=O) groups is 2. The fraction of sp³-hybridized carbons (Fsp3) is 0.600. The fourth-order valence-corrected chi connectivity index (χ4v) is 3.97. The molecule has 4 rings (SSSR count). The van der Waals surface area contributed by atoms with E-state index < -0.39 is 29.6 Å². The lowest BCUT2D eigenvalue weighted by molar-refractivity contribution is -0.137. The second kappa shape index (κ2) is 8.16. The van der Waals surface area contributed by atoms with Gasteiger partial charge in [0.25, 0.3) is 5.91 Å². The second-order valence-corrected chi connectivity index (χ2v) is 7.98. The van der Waals surface area contributed by atoms with Crippen LogP contribution in [0.4, 0.5) is 24.5 Å². The lowest BCUT2D eigenvalue weighted by Gasteiger charge is -2.31. The highest BCUT2D eigenvalue weighted by Crippen LogP contribution is 2.40. The Hall–Kier alpha value is -2.17. The zero-order valence-electron chi connectivity index (χ0n) is 16.5. The zero-order chi connectivity index (χ0) is 21.5. The standard InChI is InChI=1S/C20H25F3N4O3/c21-20(22,23)15-9-14(26-7-8-30-11-18(26)28)5-6-16(15)25-19(29)17(10-24)27(12-1-2-12)13-3-4-13/h5-6,9,12-13,17H,1-4,7-8,10-11,24H2,(H,25,29)/t17-/m0/s1. The van der Waals surface area contributed by atoms with Crippen LogP contribution in [0.3, 0.4) is 0 Å². The first-order chi connectivity index (χ1) is 14.3. The summed E-state index contributed by atoms with van der Waals surface area (Å²) in [6, 6.07) is 3.42. The molecule has 1 aliphatic heterocycles. The Morgan fingerprint density at radius 3 is 2.47 bits per heavy atom. The Labute approximate surface area is 172 Å². The molecule has 30 heavy (non-hydrogen) atoms. The minimum atomic E-state index is -4.70. The van der Waals surface area contributed by atoms with Gasteiger partial charge in [0.2, 0.25) is 5.91 Å². The largest absolute Gasteiger partial charge is 0.418 e. The van der Waals surface area contributed by atoms with Crippen LogP contribution in [0.2, 0.25) is 0 Å². The number of hydrogen-bond acceptors (Lipinski definition) is 5. The van der Waals surface area contributed by atoms with Gasteiger partial charge in [-0.05, 0) is 43.9 Å². The topological polar surface area (TPSA) is 87.9 Å². The van der Waals surface area contributed by atoms with Gasteiger partial charge in [-0.3, -0.25) is 14.5 Å². The summed E-state index contributed by atoms with van der Waals surface area (Å²) in [7, 11) is 0. The summed E-state index contributed by atoms with van der Waals surface area (Å²) >= 11 is 0. The molecule has 0 unspecified atom stereocenters. The molecule has 164 valence electrons. The first-order valence-corrected chi connectivity index (χ1v) is 10.2. The van der Waals surface area contributed by atoms with E-state index in [1.165, 1.54) is 17.0 Å². The third-order valence-electron chi connectivity index (χ3n) is 5.69. The molecule has 1 atom stereocenters. The molecule has 10 heteroatoms. The molecule has 0 aromatic heterocycles. The Morgan fingerprint density at radius 2 is 1.93 bits per heavy atom. The highest BCUT2D eigenvalue weighted by molar-refractivity contribution is 5.98. The first kappa shape index (κ1) is 21.1. The molecule has 2 saturated carbocycles. The highest BCUT2D eigenvalue weighted by atomic mass is 19.4. The van der Waals surface area contributed by atoms with Gasteiger partial charge in [-0.15, -0.1) is 0 Å². The third kappa shape index (κ3) is 4.45. The predicted molar refractivity (Wildman–Crippen MR) is 104 cm³/mol. The van der Waals surface area contributed by atoms with E-state index in [4.69, 9.17) is 10.5 Å². The maximum Gasteiger partial charge on any atom is 0.418 e. The van der Waals surface area contributed by atoms with Crippen LogP contribution in [-0.2, 0) is 20.5 Å². The monoisotopic (exact) mass is 426 g/mol. The van der Waals surface area contributed by atoms with Gasteiger partial charge < -0.3 is 20.7 Å². The van der Waals surface area contributed by atoms with Gasteiger partial charge in [-0.1, -0.05) is 0 Å². The number of nitrogens with two attached hydrogens (primary N) is 1. The number of ether oxygens (including phenoxy) is 1.